The summed E-state index contributed by atoms with van der Waals surface area (Å²) in [5.74, 6) is -0.282. The molecule has 0 spiro atoms. The van der Waals surface area contributed by atoms with E-state index in [1.165, 1.54) is 0 Å². The lowest BCUT2D eigenvalue weighted by atomic mass is 9.85. The Hall–Kier alpha value is -0.640. The molecule has 1 heterocycles. The van der Waals surface area contributed by atoms with E-state index in [2.05, 4.69) is 31.0 Å². The van der Waals surface area contributed by atoms with Crippen LogP contribution >= 0.6 is 11.6 Å². The van der Waals surface area contributed by atoms with E-state index in [-0.39, 0.29) is 16.3 Å². The van der Waals surface area contributed by atoms with Gasteiger partial charge in [0.05, 0.1) is 5.02 Å². The van der Waals surface area contributed by atoms with Crippen LogP contribution in [0.4, 0.5) is 4.39 Å². The third kappa shape index (κ3) is 3.68. The standard InChI is InChI=1S/C15H22ClFN2/c1-15(2,3)13-10-19(8-7-18-13)9-11-5-4-6-12(16)14(11)17/h4-6,13,18H,7-10H2,1-3H3. The van der Waals surface area contributed by atoms with Crippen molar-refractivity contribution in [3.8, 4) is 0 Å². The van der Waals surface area contributed by atoms with Gasteiger partial charge in [0, 0.05) is 37.8 Å². The molecular formula is C15H22ClFN2. The molecule has 106 valence electrons. The lowest BCUT2D eigenvalue weighted by Gasteiger charge is -2.40. The van der Waals surface area contributed by atoms with Crippen molar-refractivity contribution < 1.29 is 4.39 Å². The monoisotopic (exact) mass is 284 g/mol. The topological polar surface area (TPSA) is 15.3 Å². The number of piperazine rings is 1. The number of nitrogens with one attached hydrogen (secondary N) is 1. The van der Waals surface area contributed by atoms with E-state index >= 15 is 0 Å². The number of nitrogens with zero attached hydrogens (tertiary/aromatic N) is 1. The minimum atomic E-state index is -0.282. The van der Waals surface area contributed by atoms with Gasteiger partial charge in [0.1, 0.15) is 5.82 Å². The predicted octanol–water partition coefficient (Wildman–Crippen LogP) is 3.30. The Labute approximate surface area is 119 Å². The van der Waals surface area contributed by atoms with E-state index in [4.69, 9.17) is 11.6 Å². The smallest absolute Gasteiger partial charge is 0.146 e. The van der Waals surface area contributed by atoms with Crippen LogP contribution in [0.5, 0.6) is 0 Å². The van der Waals surface area contributed by atoms with Crippen LogP contribution in [0.1, 0.15) is 26.3 Å². The average molecular weight is 285 g/mol. The molecule has 1 atom stereocenters. The molecular weight excluding hydrogens is 263 g/mol. The van der Waals surface area contributed by atoms with E-state index in [9.17, 15) is 4.39 Å². The summed E-state index contributed by atoms with van der Waals surface area (Å²) in [5, 5.41) is 3.75. The molecule has 1 aromatic carbocycles. The van der Waals surface area contributed by atoms with Crippen LogP contribution < -0.4 is 5.32 Å². The van der Waals surface area contributed by atoms with Gasteiger partial charge in [-0.1, -0.05) is 44.5 Å². The van der Waals surface area contributed by atoms with Gasteiger partial charge in [-0.3, -0.25) is 4.90 Å². The Balaban J connectivity index is 2.05. The largest absolute Gasteiger partial charge is 0.311 e. The predicted molar refractivity (Wildman–Crippen MR) is 77.9 cm³/mol. The molecule has 1 aliphatic rings. The van der Waals surface area contributed by atoms with Gasteiger partial charge < -0.3 is 5.32 Å². The van der Waals surface area contributed by atoms with Crippen LogP contribution in [-0.2, 0) is 6.54 Å². The normalized spacial score (nSPS) is 21.6. The minimum absolute atomic E-state index is 0.208. The molecule has 1 fully saturated rings. The van der Waals surface area contributed by atoms with Gasteiger partial charge in [0.15, 0.2) is 0 Å². The molecule has 1 aromatic rings. The van der Waals surface area contributed by atoms with Crippen LogP contribution in [0.2, 0.25) is 5.02 Å². The van der Waals surface area contributed by atoms with Crippen LogP contribution in [0.3, 0.4) is 0 Å². The fraction of sp³-hybridized carbons (Fsp3) is 0.600. The zero-order chi connectivity index (χ0) is 14.0. The summed E-state index contributed by atoms with van der Waals surface area (Å²) < 4.78 is 13.9. The Morgan fingerprint density at radius 1 is 1.42 bits per heavy atom. The summed E-state index contributed by atoms with van der Waals surface area (Å²) in [7, 11) is 0. The molecule has 19 heavy (non-hydrogen) atoms. The molecule has 0 aromatic heterocycles. The first-order chi connectivity index (χ1) is 8.88. The van der Waals surface area contributed by atoms with Crippen LogP contribution in [0, 0.1) is 11.2 Å². The summed E-state index contributed by atoms with van der Waals surface area (Å²) in [6, 6.07) is 5.65. The van der Waals surface area contributed by atoms with Gasteiger partial charge >= 0.3 is 0 Å². The Kier molecular flexibility index (Phi) is 4.49. The van der Waals surface area contributed by atoms with Crippen molar-refractivity contribution >= 4 is 11.6 Å². The van der Waals surface area contributed by atoms with E-state index in [0.29, 0.717) is 18.2 Å². The number of hydrogen-bond acceptors (Lipinski definition) is 2. The highest BCUT2D eigenvalue weighted by molar-refractivity contribution is 6.30. The van der Waals surface area contributed by atoms with Crippen molar-refractivity contribution in [2.45, 2.75) is 33.4 Å². The fourth-order valence-electron chi connectivity index (χ4n) is 2.45. The van der Waals surface area contributed by atoms with E-state index in [0.717, 1.165) is 19.6 Å². The number of hydrogen-bond donors (Lipinski definition) is 1. The maximum atomic E-state index is 13.9. The third-order valence-corrected chi connectivity index (χ3v) is 4.02. The third-order valence-electron chi connectivity index (χ3n) is 3.73. The highest BCUT2D eigenvalue weighted by Gasteiger charge is 2.29. The van der Waals surface area contributed by atoms with Crippen molar-refractivity contribution in [1.82, 2.24) is 10.2 Å². The summed E-state index contributed by atoms with van der Waals surface area (Å²) in [4.78, 5) is 2.29. The molecule has 0 amide bonds. The van der Waals surface area contributed by atoms with Gasteiger partial charge in [-0.15, -0.1) is 0 Å². The summed E-state index contributed by atoms with van der Waals surface area (Å²) in [6.07, 6.45) is 0. The summed E-state index contributed by atoms with van der Waals surface area (Å²) in [5.41, 5.74) is 0.896. The molecule has 0 saturated carbocycles. The number of rotatable bonds is 2. The maximum Gasteiger partial charge on any atom is 0.146 e. The molecule has 2 nitrogen and oxygen atoms in total. The van der Waals surface area contributed by atoms with Crippen molar-refractivity contribution in [2.24, 2.45) is 5.41 Å². The Morgan fingerprint density at radius 2 is 2.16 bits per heavy atom. The van der Waals surface area contributed by atoms with Crippen molar-refractivity contribution in [2.75, 3.05) is 19.6 Å². The SMILES string of the molecule is CC(C)(C)C1CN(Cc2cccc(Cl)c2F)CCN1. The number of halogens is 2. The Morgan fingerprint density at radius 3 is 2.84 bits per heavy atom. The Bertz CT molecular complexity index is 442. The van der Waals surface area contributed by atoms with E-state index in [1.54, 1.807) is 6.07 Å². The first-order valence-corrected chi connectivity index (χ1v) is 7.14. The zero-order valence-electron chi connectivity index (χ0n) is 11.8. The second kappa shape index (κ2) is 5.78. The molecule has 1 unspecified atom stereocenters. The molecule has 1 N–H and O–H groups in total. The van der Waals surface area contributed by atoms with E-state index < -0.39 is 0 Å². The fourth-order valence-corrected chi connectivity index (χ4v) is 2.64. The van der Waals surface area contributed by atoms with Crippen molar-refractivity contribution in [3.63, 3.8) is 0 Å². The minimum Gasteiger partial charge on any atom is -0.311 e. The van der Waals surface area contributed by atoms with Crippen LogP contribution in [-0.4, -0.2) is 30.6 Å². The molecule has 1 aliphatic heterocycles. The van der Waals surface area contributed by atoms with Crippen LogP contribution in [0.15, 0.2) is 18.2 Å². The molecule has 2 rings (SSSR count). The molecule has 0 radical (unpaired) electrons. The second-order valence-electron chi connectivity index (χ2n) is 6.32. The summed E-state index contributed by atoms with van der Waals surface area (Å²) >= 11 is 5.83. The van der Waals surface area contributed by atoms with Gasteiger partial charge in [-0.2, -0.15) is 0 Å². The van der Waals surface area contributed by atoms with Gasteiger partial charge in [-0.05, 0) is 11.5 Å². The molecule has 0 bridgehead atoms. The highest BCUT2D eigenvalue weighted by atomic mass is 35.5. The first kappa shape index (κ1) is 14.8. The molecule has 4 heteroatoms. The van der Waals surface area contributed by atoms with Crippen LogP contribution in [0.25, 0.3) is 0 Å². The van der Waals surface area contributed by atoms with Gasteiger partial charge in [0.25, 0.3) is 0 Å². The summed E-state index contributed by atoms with van der Waals surface area (Å²) in [6.45, 7) is 10.1. The van der Waals surface area contributed by atoms with Crippen molar-refractivity contribution in [3.05, 3.63) is 34.6 Å². The van der Waals surface area contributed by atoms with Gasteiger partial charge in [-0.25, -0.2) is 4.39 Å². The lowest BCUT2D eigenvalue weighted by molar-refractivity contribution is 0.128. The maximum absolute atomic E-state index is 13.9. The first-order valence-electron chi connectivity index (χ1n) is 6.76. The molecule has 1 saturated heterocycles. The average Bonchev–Trinajstić information content (AvgIpc) is 2.34. The van der Waals surface area contributed by atoms with Crippen molar-refractivity contribution in [1.29, 1.82) is 0 Å². The quantitative estimate of drug-likeness (QED) is 0.896. The second-order valence-corrected chi connectivity index (χ2v) is 6.73. The van der Waals surface area contributed by atoms with Gasteiger partial charge in [0.2, 0.25) is 0 Å². The zero-order valence-corrected chi connectivity index (χ0v) is 12.6. The molecule has 0 aliphatic carbocycles. The lowest BCUT2D eigenvalue weighted by Crippen LogP contribution is -2.55. The number of benzene rings is 1. The van der Waals surface area contributed by atoms with E-state index in [1.807, 2.05) is 12.1 Å². The highest BCUT2D eigenvalue weighted by Crippen LogP contribution is 2.24.